The van der Waals surface area contributed by atoms with Gasteiger partial charge in [-0.3, -0.25) is 0 Å². The monoisotopic (exact) mass is 405 g/mol. The molecule has 9 heteroatoms. The second-order valence-electron chi connectivity index (χ2n) is 5.38. The van der Waals surface area contributed by atoms with E-state index in [0.717, 1.165) is 38.2 Å². The molecule has 1 aliphatic heterocycles. The molecule has 2 heterocycles. The van der Waals surface area contributed by atoms with Crippen molar-refractivity contribution in [2.45, 2.75) is 10.2 Å². The maximum atomic E-state index is 6.01. The van der Waals surface area contributed by atoms with Gasteiger partial charge in [0, 0.05) is 30.2 Å². The highest BCUT2D eigenvalue weighted by molar-refractivity contribution is 6.66. The molecule has 0 aliphatic carbocycles. The van der Waals surface area contributed by atoms with E-state index in [1.165, 1.54) is 0 Å². The number of hydrogen-bond donors (Lipinski definition) is 1. The van der Waals surface area contributed by atoms with E-state index in [2.05, 4.69) is 25.2 Å². The Morgan fingerprint density at radius 2 is 1.71 bits per heavy atom. The van der Waals surface area contributed by atoms with E-state index < -0.39 is 3.79 Å². The molecule has 128 valence electrons. The molecule has 3 rings (SSSR count). The van der Waals surface area contributed by atoms with E-state index in [0.29, 0.717) is 16.8 Å². The van der Waals surface area contributed by atoms with Crippen molar-refractivity contribution in [3.8, 4) is 11.4 Å². The van der Waals surface area contributed by atoms with Crippen molar-refractivity contribution < 1.29 is 0 Å². The molecule has 2 aromatic rings. The SMILES string of the molecule is Clc1ccc(-c2nc(N3CCCNCC3)nc(C(Cl)(Cl)Cl)n2)cc1. The van der Waals surface area contributed by atoms with Crippen LogP contribution in [0.5, 0.6) is 0 Å². The van der Waals surface area contributed by atoms with Crippen molar-refractivity contribution in [1.82, 2.24) is 20.3 Å². The molecule has 1 N–H and O–H groups in total. The van der Waals surface area contributed by atoms with Gasteiger partial charge >= 0.3 is 0 Å². The zero-order chi connectivity index (χ0) is 17.2. The summed E-state index contributed by atoms with van der Waals surface area (Å²) in [7, 11) is 0. The minimum Gasteiger partial charge on any atom is -0.339 e. The lowest BCUT2D eigenvalue weighted by atomic mass is 10.2. The van der Waals surface area contributed by atoms with E-state index in [1.807, 2.05) is 12.1 Å². The van der Waals surface area contributed by atoms with Crippen LogP contribution in [0.4, 0.5) is 5.95 Å². The van der Waals surface area contributed by atoms with Gasteiger partial charge in [0.15, 0.2) is 11.6 Å². The van der Waals surface area contributed by atoms with Crippen molar-refractivity contribution in [3.05, 3.63) is 35.1 Å². The van der Waals surface area contributed by atoms with Gasteiger partial charge in [0.2, 0.25) is 9.74 Å². The Morgan fingerprint density at radius 3 is 2.42 bits per heavy atom. The fourth-order valence-corrected chi connectivity index (χ4v) is 2.79. The fourth-order valence-electron chi connectivity index (χ4n) is 2.41. The number of nitrogens with one attached hydrogen (secondary N) is 1. The van der Waals surface area contributed by atoms with E-state index >= 15 is 0 Å². The molecule has 1 aromatic carbocycles. The van der Waals surface area contributed by atoms with E-state index in [1.54, 1.807) is 12.1 Å². The topological polar surface area (TPSA) is 53.9 Å². The summed E-state index contributed by atoms with van der Waals surface area (Å²) in [5.74, 6) is 1.08. The molecule has 0 unspecified atom stereocenters. The molecular formula is C15H15Cl4N5. The molecule has 5 nitrogen and oxygen atoms in total. The van der Waals surface area contributed by atoms with Gasteiger partial charge in [0.25, 0.3) is 0 Å². The van der Waals surface area contributed by atoms with Gasteiger partial charge in [-0.05, 0) is 37.2 Å². The highest BCUT2D eigenvalue weighted by Crippen LogP contribution is 2.37. The Hall–Kier alpha value is -0.850. The van der Waals surface area contributed by atoms with Crippen LogP contribution in [0.1, 0.15) is 12.2 Å². The average molecular weight is 407 g/mol. The van der Waals surface area contributed by atoms with E-state index in [9.17, 15) is 0 Å². The molecule has 1 aliphatic rings. The van der Waals surface area contributed by atoms with Crippen molar-refractivity contribution in [2.75, 3.05) is 31.1 Å². The number of aromatic nitrogens is 3. The second-order valence-corrected chi connectivity index (χ2v) is 8.10. The van der Waals surface area contributed by atoms with Gasteiger partial charge in [-0.1, -0.05) is 46.4 Å². The minimum atomic E-state index is -1.72. The summed E-state index contributed by atoms with van der Waals surface area (Å²) >= 11 is 24.0. The number of anilines is 1. The van der Waals surface area contributed by atoms with Crippen LogP contribution in [0.25, 0.3) is 11.4 Å². The third kappa shape index (κ3) is 4.41. The molecule has 0 amide bonds. The largest absolute Gasteiger partial charge is 0.339 e. The normalized spacial score (nSPS) is 16.1. The predicted molar refractivity (Wildman–Crippen MR) is 99.2 cm³/mol. The van der Waals surface area contributed by atoms with Gasteiger partial charge < -0.3 is 10.2 Å². The Morgan fingerprint density at radius 1 is 0.958 bits per heavy atom. The third-order valence-corrected chi connectivity index (χ3v) is 4.36. The maximum absolute atomic E-state index is 6.01. The van der Waals surface area contributed by atoms with Crippen LogP contribution < -0.4 is 10.2 Å². The van der Waals surface area contributed by atoms with Gasteiger partial charge in [0.1, 0.15) is 0 Å². The lowest BCUT2D eigenvalue weighted by Gasteiger charge is -2.22. The van der Waals surface area contributed by atoms with Crippen LogP contribution in [-0.2, 0) is 3.79 Å². The second kappa shape index (κ2) is 7.58. The quantitative estimate of drug-likeness (QED) is 0.768. The first-order chi connectivity index (χ1) is 11.4. The molecule has 1 aromatic heterocycles. The van der Waals surface area contributed by atoms with Gasteiger partial charge in [0.05, 0.1) is 0 Å². The van der Waals surface area contributed by atoms with Crippen molar-refractivity contribution >= 4 is 52.4 Å². The van der Waals surface area contributed by atoms with Crippen LogP contribution in [0.3, 0.4) is 0 Å². The zero-order valence-electron chi connectivity index (χ0n) is 12.6. The number of alkyl halides is 3. The Labute approximate surface area is 160 Å². The fraction of sp³-hybridized carbons (Fsp3) is 0.400. The average Bonchev–Trinajstić information content (AvgIpc) is 2.83. The number of rotatable bonds is 2. The number of nitrogens with zero attached hydrogens (tertiary/aromatic N) is 4. The number of benzene rings is 1. The van der Waals surface area contributed by atoms with Crippen molar-refractivity contribution in [2.24, 2.45) is 0 Å². The summed E-state index contributed by atoms with van der Waals surface area (Å²) in [6.45, 7) is 3.42. The van der Waals surface area contributed by atoms with Gasteiger partial charge in [-0.25, -0.2) is 4.98 Å². The van der Waals surface area contributed by atoms with Crippen LogP contribution in [0, 0.1) is 0 Å². The van der Waals surface area contributed by atoms with Gasteiger partial charge in [-0.15, -0.1) is 0 Å². The summed E-state index contributed by atoms with van der Waals surface area (Å²) in [4.78, 5) is 15.3. The maximum Gasteiger partial charge on any atom is 0.250 e. The smallest absolute Gasteiger partial charge is 0.250 e. The first kappa shape index (κ1) is 18.0. The Bertz CT molecular complexity index is 694. The van der Waals surface area contributed by atoms with Gasteiger partial charge in [-0.2, -0.15) is 9.97 Å². The minimum absolute atomic E-state index is 0.111. The molecule has 1 fully saturated rings. The first-order valence-corrected chi connectivity index (χ1v) is 8.99. The highest BCUT2D eigenvalue weighted by Gasteiger charge is 2.29. The number of halogens is 4. The van der Waals surface area contributed by atoms with E-state index in [4.69, 9.17) is 46.4 Å². The number of hydrogen-bond acceptors (Lipinski definition) is 5. The summed E-state index contributed by atoms with van der Waals surface area (Å²) < 4.78 is -1.72. The van der Waals surface area contributed by atoms with Crippen molar-refractivity contribution in [3.63, 3.8) is 0 Å². The van der Waals surface area contributed by atoms with Crippen molar-refractivity contribution in [1.29, 1.82) is 0 Å². The van der Waals surface area contributed by atoms with Crippen LogP contribution in [-0.4, -0.2) is 41.1 Å². The zero-order valence-corrected chi connectivity index (χ0v) is 15.7. The lowest BCUT2D eigenvalue weighted by molar-refractivity contribution is 0.724. The lowest BCUT2D eigenvalue weighted by Crippen LogP contribution is -2.30. The summed E-state index contributed by atoms with van der Waals surface area (Å²) in [6, 6.07) is 7.19. The van der Waals surface area contributed by atoms with E-state index in [-0.39, 0.29) is 5.82 Å². The molecule has 0 radical (unpaired) electrons. The summed E-state index contributed by atoms with van der Waals surface area (Å²) in [6.07, 6.45) is 0.991. The van der Waals surface area contributed by atoms with Crippen LogP contribution >= 0.6 is 46.4 Å². The molecule has 1 saturated heterocycles. The summed E-state index contributed by atoms with van der Waals surface area (Å²) in [5.41, 5.74) is 0.784. The van der Waals surface area contributed by atoms with Crippen LogP contribution in [0.15, 0.2) is 24.3 Å². The Balaban J connectivity index is 2.04. The third-order valence-electron chi connectivity index (χ3n) is 3.60. The molecular weight excluding hydrogens is 392 g/mol. The highest BCUT2D eigenvalue weighted by atomic mass is 35.6. The molecule has 0 atom stereocenters. The summed E-state index contributed by atoms with van der Waals surface area (Å²) in [5, 5.41) is 3.97. The molecule has 0 saturated carbocycles. The predicted octanol–water partition coefficient (Wildman–Crippen LogP) is 3.82. The Kier molecular flexibility index (Phi) is 5.67. The van der Waals surface area contributed by atoms with Crippen LogP contribution in [0.2, 0.25) is 5.02 Å². The molecule has 0 spiro atoms. The standard InChI is InChI=1S/C15H15Cl4N5/c16-11-4-2-10(3-5-11)12-21-13(15(17,18)19)23-14(22-12)24-8-1-6-20-7-9-24/h2-5,20H,1,6-9H2. The first-order valence-electron chi connectivity index (χ1n) is 7.48. The molecule has 24 heavy (non-hydrogen) atoms. The molecule has 0 bridgehead atoms.